The van der Waals surface area contributed by atoms with Gasteiger partial charge in [0.05, 0.1) is 17.7 Å². The average molecular weight is 543 g/mol. The fourth-order valence-electron chi connectivity index (χ4n) is 4.58. The highest BCUT2D eigenvalue weighted by Crippen LogP contribution is 2.47. The number of hydrogen-bond acceptors (Lipinski definition) is 8. The molecule has 0 fully saturated rings. The van der Waals surface area contributed by atoms with Gasteiger partial charge in [-0.25, -0.2) is 14.4 Å². The van der Waals surface area contributed by atoms with E-state index in [-0.39, 0.29) is 24.7 Å². The summed E-state index contributed by atoms with van der Waals surface area (Å²) >= 11 is 0. The molecule has 8 nitrogen and oxygen atoms in total. The van der Waals surface area contributed by atoms with Crippen LogP contribution in [-0.4, -0.2) is 42.8 Å². The number of carbonyl (C=O) groups excluding carboxylic acids is 3. The predicted molar refractivity (Wildman–Crippen MR) is 149 cm³/mol. The Kier molecular flexibility index (Phi) is 8.81. The average Bonchev–Trinajstić information content (AvgIpc) is 3.27. The zero-order valence-corrected chi connectivity index (χ0v) is 22.4. The maximum Gasteiger partial charge on any atom is 0.343 e. The number of benzene rings is 3. The number of aliphatic hydroxyl groups is 1. The van der Waals surface area contributed by atoms with Gasteiger partial charge < -0.3 is 24.1 Å². The van der Waals surface area contributed by atoms with E-state index in [0.717, 1.165) is 40.3 Å². The van der Waals surface area contributed by atoms with Crippen LogP contribution < -0.4 is 14.2 Å². The summed E-state index contributed by atoms with van der Waals surface area (Å²) in [5, 5.41) is 9.13. The Morgan fingerprint density at radius 3 is 2.27 bits per heavy atom. The summed E-state index contributed by atoms with van der Waals surface area (Å²) < 4.78 is 21.5. The van der Waals surface area contributed by atoms with Crippen LogP contribution in [0.15, 0.2) is 79.4 Å². The van der Waals surface area contributed by atoms with Crippen molar-refractivity contribution in [3.8, 4) is 28.4 Å². The molecule has 0 aromatic heterocycles. The molecule has 0 spiro atoms. The van der Waals surface area contributed by atoms with Crippen LogP contribution in [0.3, 0.4) is 0 Å². The minimum atomic E-state index is -0.681. The molecule has 40 heavy (non-hydrogen) atoms. The number of aryl methyl sites for hydroxylation is 1. The first kappa shape index (κ1) is 28.3. The molecule has 1 aliphatic rings. The molecule has 0 aliphatic heterocycles. The van der Waals surface area contributed by atoms with Crippen molar-refractivity contribution in [1.82, 2.24) is 0 Å². The van der Waals surface area contributed by atoms with E-state index >= 15 is 0 Å². The van der Waals surface area contributed by atoms with Gasteiger partial charge in [0, 0.05) is 12.0 Å². The summed E-state index contributed by atoms with van der Waals surface area (Å²) in [6.45, 7) is 10.5. The van der Waals surface area contributed by atoms with E-state index in [0.29, 0.717) is 22.8 Å². The Labute approximate surface area is 232 Å². The molecule has 0 amide bonds. The molecule has 0 saturated heterocycles. The lowest BCUT2D eigenvalue weighted by Gasteiger charge is -2.13. The van der Waals surface area contributed by atoms with E-state index in [1.165, 1.54) is 0 Å². The van der Waals surface area contributed by atoms with Gasteiger partial charge in [-0.1, -0.05) is 32.2 Å². The van der Waals surface area contributed by atoms with Gasteiger partial charge in [0.2, 0.25) is 0 Å². The third kappa shape index (κ3) is 6.13. The Morgan fingerprint density at radius 1 is 0.925 bits per heavy atom. The van der Waals surface area contributed by atoms with E-state index in [4.69, 9.17) is 24.1 Å². The second kappa shape index (κ2) is 12.4. The van der Waals surface area contributed by atoms with Gasteiger partial charge in [-0.15, -0.1) is 0 Å². The zero-order valence-electron chi connectivity index (χ0n) is 22.4. The standard InChI is InChI=1S/C32H30O8/c1-5-24-27-16-21(7-10-25(27)26-11-8-23(17-28(24)26)39-31(35)20(4)18-33)32(36)40-22-9-12-29(19(3)15-22)37-13-14-38-30(34)6-2/h6-12,15-17,24,33H,2,4-5,13-14,18H2,1,3H3. The third-order valence-electron chi connectivity index (χ3n) is 6.56. The first-order chi connectivity index (χ1) is 19.2. The lowest BCUT2D eigenvalue weighted by molar-refractivity contribution is -0.138. The van der Waals surface area contributed by atoms with Crippen LogP contribution in [0, 0.1) is 6.92 Å². The normalized spacial score (nSPS) is 13.0. The molecule has 0 saturated carbocycles. The van der Waals surface area contributed by atoms with Crippen molar-refractivity contribution in [2.24, 2.45) is 0 Å². The predicted octanol–water partition coefficient (Wildman–Crippen LogP) is 5.30. The minimum Gasteiger partial charge on any atom is -0.490 e. The van der Waals surface area contributed by atoms with Crippen molar-refractivity contribution in [2.75, 3.05) is 19.8 Å². The molecule has 0 heterocycles. The Hall–Kier alpha value is -4.69. The molecular weight excluding hydrogens is 512 g/mol. The molecule has 206 valence electrons. The third-order valence-corrected chi connectivity index (χ3v) is 6.56. The van der Waals surface area contributed by atoms with E-state index in [1.807, 2.05) is 31.2 Å². The smallest absolute Gasteiger partial charge is 0.343 e. The van der Waals surface area contributed by atoms with E-state index in [1.54, 1.807) is 30.3 Å². The van der Waals surface area contributed by atoms with Crippen molar-refractivity contribution in [2.45, 2.75) is 26.2 Å². The lowest BCUT2D eigenvalue weighted by atomic mass is 9.93. The molecular formula is C32H30O8. The molecule has 3 aromatic rings. The highest BCUT2D eigenvalue weighted by atomic mass is 16.6. The van der Waals surface area contributed by atoms with E-state index < -0.39 is 24.5 Å². The molecule has 4 rings (SSSR count). The van der Waals surface area contributed by atoms with Crippen LogP contribution in [0.5, 0.6) is 17.2 Å². The molecule has 3 aromatic carbocycles. The van der Waals surface area contributed by atoms with E-state index in [2.05, 4.69) is 20.1 Å². The molecule has 0 radical (unpaired) electrons. The summed E-state index contributed by atoms with van der Waals surface area (Å²) in [5.41, 5.74) is 5.15. The first-order valence-corrected chi connectivity index (χ1v) is 12.8. The topological polar surface area (TPSA) is 108 Å². The van der Waals surface area contributed by atoms with Gasteiger partial charge in [-0.2, -0.15) is 0 Å². The van der Waals surface area contributed by atoms with Crippen molar-refractivity contribution in [3.63, 3.8) is 0 Å². The number of ether oxygens (including phenoxy) is 4. The van der Waals surface area contributed by atoms with Gasteiger partial charge in [-0.3, -0.25) is 0 Å². The second-order valence-corrected chi connectivity index (χ2v) is 9.20. The summed E-state index contributed by atoms with van der Waals surface area (Å²) in [5.74, 6) is -0.359. The number of fused-ring (bicyclic) bond motifs is 3. The highest BCUT2D eigenvalue weighted by molar-refractivity contribution is 5.94. The molecule has 1 atom stereocenters. The molecule has 1 unspecified atom stereocenters. The van der Waals surface area contributed by atoms with Crippen LogP contribution in [0.2, 0.25) is 0 Å². The van der Waals surface area contributed by atoms with Crippen molar-refractivity contribution in [3.05, 3.63) is 102 Å². The van der Waals surface area contributed by atoms with Crippen molar-refractivity contribution in [1.29, 1.82) is 0 Å². The van der Waals surface area contributed by atoms with Gasteiger partial charge in [0.15, 0.2) is 0 Å². The Bertz CT molecular complexity index is 1490. The molecule has 1 aliphatic carbocycles. The summed E-state index contributed by atoms with van der Waals surface area (Å²) in [7, 11) is 0. The second-order valence-electron chi connectivity index (χ2n) is 9.20. The number of carbonyl (C=O) groups is 3. The number of rotatable bonds is 11. The van der Waals surface area contributed by atoms with Gasteiger partial charge in [0.25, 0.3) is 0 Å². The molecule has 8 heteroatoms. The quantitative estimate of drug-likeness (QED) is 0.151. The summed E-state index contributed by atoms with van der Waals surface area (Å²) in [4.78, 5) is 36.2. The highest BCUT2D eigenvalue weighted by Gasteiger charge is 2.29. The minimum absolute atomic E-state index is 0.00174. The summed E-state index contributed by atoms with van der Waals surface area (Å²) in [6.07, 6.45) is 1.86. The fraction of sp³-hybridized carbons (Fsp3) is 0.219. The monoisotopic (exact) mass is 542 g/mol. The number of aliphatic hydroxyl groups excluding tert-OH is 1. The lowest BCUT2D eigenvalue weighted by Crippen LogP contribution is -2.13. The molecule has 0 bridgehead atoms. The molecule has 1 N–H and O–H groups in total. The maximum absolute atomic E-state index is 13.1. The largest absolute Gasteiger partial charge is 0.490 e. The van der Waals surface area contributed by atoms with Gasteiger partial charge >= 0.3 is 17.9 Å². The first-order valence-electron chi connectivity index (χ1n) is 12.8. The zero-order chi connectivity index (χ0) is 28.8. The van der Waals surface area contributed by atoms with Crippen LogP contribution in [-0.2, 0) is 14.3 Å². The van der Waals surface area contributed by atoms with Crippen LogP contribution in [0.1, 0.15) is 46.3 Å². The maximum atomic E-state index is 13.1. The van der Waals surface area contributed by atoms with Crippen LogP contribution >= 0.6 is 0 Å². The van der Waals surface area contributed by atoms with Crippen molar-refractivity contribution < 1.29 is 38.4 Å². The fourth-order valence-corrected chi connectivity index (χ4v) is 4.58. The Balaban J connectivity index is 1.46. The van der Waals surface area contributed by atoms with Crippen LogP contribution in [0.25, 0.3) is 11.1 Å². The van der Waals surface area contributed by atoms with E-state index in [9.17, 15) is 14.4 Å². The van der Waals surface area contributed by atoms with Crippen LogP contribution in [0.4, 0.5) is 0 Å². The Morgan fingerprint density at radius 2 is 1.60 bits per heavy atom. The number of hydrogen-bond donors (Lipinski definition) is 1. The van der Waals surface area contributed by atoms with Gasteiger partial charge in [-0.05, 0) is 83.6 Å². The SMILES string of the molecule is C=CC(=O)OCCOc1ccc(OC(=O)c2ccc3c(c2)C(CC)c2cc(OC(=O)C(=C)CO)ccc2-3)cc1C. The summed E-state index contributed by atoms with van der Waals surface area (Å²) in [6, 6.07) is 15.9. The number of esters is 3. The van der Waals surface area contributed by atoms with Crippen molar-refractivity contribution >= 4 is 17.9 Å². The van der Waals surface area contributed by atoms with Gasteiger partial charge in [0.1, 0.15) is 30.5 Å².